The summed E-state index contributed by atoms with van der Waals surface area (Å²) in [6.45, 7) is 1.99. The van der Waals surface area contributed by atoms with Gasteiger partial charge in [-0.2, -0.15) is 0 Å². The Morgan fingerprint density at radius 1 is 0.909 bits per heavy atom. The molecule has 0 atom stereocenters. The first kappa shape index (κ1) is 21.0. The molecule has 5 rings (SSSR count). The summed E-state index contributed by atoms with van der Waals surface area (Å²) in [5.74, 6) is 0.515. The molecule has 33 heavy (non-hydrogen) atoms. The van der Waals surface area contributed by atoms with Crippen LogP contribution in [0.25, 0.3) is 22.5 Å². The molecule has 0 bridgehead atoms. The fourth-order valence-electron chi connectivity index (χ4n) is 4.30. The van der Waals surface area contributed by atoms with Crippen molar-refractivity contribution in [2.45, 2.75) is 39.2 Å². The van der Waals surface area contributed by atoms with Crippen molar-refractivity contribution >= 4 is 11.8 Å². The molecule has 0 spiro atoms. The zero-order valence-corrected chi connectivity index (χ0v) is 18.6. The molecule has 1 N–H and O–H groups in total. The van der Waals surface area contributed by atoms with Crippen LogP contribution in [0.1, 0.15) is 35.2 Å². The van der Waals surface area contributed by atoms with Crippen LogP contribution in [-0.4, -0.2) is 11.2 Å². The second-order valence-electron chi connectivity index (χ2n) is 8.43. The highest BCUT2D eigenvalue weighted by Crippen LogP contribution is 2.33. The molecule has 166 valence electrons. The lowest BCUT2D eigenvalue weighted by atomic mass is 9.89. The predicted octanol–water partition coefficient (Wildman–Crippen LogP) is 6.94. The van der Waals surface area contributed by atoms with E-state index in [2.05, 4.69) is 40.8 Å². The van der Waals surface area contributed by atoms with E-state index in [9.17, 15) is 4.79 Å². The zero-order chi connectivity index (χ0) is 22.6. The third-order valence-electron chi connectivity index (χ3n) is 6.13. The first-order valence-electron chi connectivity index (χ1n) is 11.3. The smallest absolute Gasteiger partial charge is 0.412 e. The van der Waals surface area contributed by atoms with Gasteiger partial charge in [0.2, 0.25) is 0 Å². The van der Waals surface area contributed by atoms with E-state index in [-0.39, 0.29) is 6.61 Å². The number of aryl methyl sites for hydroxylation is 3. The minimum absolute atomic E-state index is 0.196. The Bertz CT molecular complexity index is 1260. The minimum atomic E-state index is -0.544. The molecule has 1 heterocycles. The van der Waals surface area contributed by atoms with Crippen LogP contribution in [0.15, 0.2) is 77.3 Å². The first-order chi connectivity index (χ1) is 16.2. The number of ether oxygens (including phenoxy) is 1. The van der Waals surface area contributed by atoms with Crippen LogP contribution in [0.5, 0.6) is 0 Å². The molecule has 0 saturated carbocycles. The molecule has 1 aromatic heterocycles. The number of rotatable bonds is 5. The Balaban J connectivity index is 1.31. The van der Waals surface area contributed by atoms with Gasteiger partial charge >= 0.3 is 6.09 Å². The molecule has 1 amide bonds. The van der Waals surface area contributed by atoms with Gasteiger partial charge in [-0.15, -0.1) is 0 Å². The van der Waals surface area contributed by atoms with E-state index in [1.165, 1.54) is 36.0 Å². The summed E-state index contributed by atoms with van der Waals surface area (Å²) in [6.07, 6.45) is 4.35. The fourth-order valence-corrected chi connectivity index (χ4v) is 4.30. The molecule has 0 saturated heterocycles. The van der Waals surface area contributed by atoms with Crippen LogP contribution in [0.2, 0.25) is 0 Å². The van der Waals surface area contributed by atoms with Crippen molar-refractivity contribution in [1.82, 2.24) is 5.16 Å². The largest absolute Gasteiger partial charge is 0.444 e. The second-order valence-corrected chi connectivity index (χ2v) is 8.43. The Kier molecular flexibility index (Phi) is 5.94. The molecule has 0 aliphatic heterocycles. The Labute approximate surface area is 193 Å². The number of hydrogen-bond donors (Lipinski definition) is 1. The van der Waals surface area contributed by atoms with E-state index in [1.807, 2.05) is 42.5 Å². The third-order valence-corrected chi connectivity index (χ3v) is 6.13. The first-order valence-corrected chi connectivity index (χ1v) is 11.3. The lowest BCUT2D eigenvalue weighted by Gasteiger charge is -2.16. The number of benzene rings is 3. The second kappa shape index (κ2) is 9.33. The number of fused-ring (bicyclic) bond motifs is 1. The van der Waals surface area contributed by atoms with Gasteiger partial charge in [-0.3, -0.25) is 5.32 Å². The van der Waals surface area contributed by atoms with Gasteiger partial charge in [0.1, 0.15) is 18.0 Å². The number of carbonyl (C=O) groups excluding carboxylic acids is 1. The van der Waals surface area contributed by atoms with Crippen LogP contribution in [0.4, 0.5) is 10.5 Å². The van der Waals surface area contributed by atoms with E-state index in [0.717, 1.165) is 23.1 Å². The van der Waals surface area contributed by atoms with Crippen molar-refractivity contribution in [3.63, 3.8) is 0 Å². The number of amides is 1. The molecule has 5 heteroatoms. The summed E-state index contributed by atoms with van der Waals surface area (Å²) in [4.78, 5) is 12.4. The summed E-state index contributed by atoms with van der Waals surface area (Å²) in [6, 6.07) is 24.5. The predicted molar refractivity (Wildman–Crippen MR) is 129 cm³/mol. The van der Waals surface area contributed by atoms with Gasteiger partial charge in [0.05, 0.1) is 0 Å². The molecule has 0 unspecified atom stereocenters. The van der Waals surface area contributed by atoms with Crippen molar-refractivity contribution < 1.29 is 14.1 Å². The third kappa shape index (κ3) is 4.67. The molecular weight excluding hydrogens is 412 g/mol. The maximum Gasteiger partial charge on any atom is 0.412 e. The SMILES string of the molecule is Cc1noc(-c2ccc(-c3ccc4c(c3)CCCC4)cc2)c1NC(=O)OCc1ccccc1. The highest BCUT2D eigenvalue weighted by atomic mass is 16.5. The average Bonchev–Trinajstić information content (AvgIpc) is 3.23. The maximum absolute atomic E-state index is 12.4. The number of anilines is 1. The quantitative estimate of drug-likeness (QED) is 0.366. The van der Waals surface area contributed by atoms with E-state index in [4.69, 9.17) is 9.26 Å². The standard InChI is InChI=1S/C28H26N2O3/c1-19-26(29-28(31)32-18-20-7-3-2-4-8-20)27(33-30-19)23-14-11-22(12-15-23)25-16-13-21-9-5-6-10-24(21)17-25/h2-4,7-8,11-17H,5-6,9-10,18H2,1H3,(H,29,31). The molecule has 3 aromatic carbocycles. The van der Waals surface area contributed by atoms with Crippen molar-refractivity contribution in [3.8, 4) is 22.5 Å². The lowest BCUT2D eigenvalue weighted by molar-refractivity contribution is 0.155. The molecule has 1 aliphatic rings. The molecule has 0 fully saturated rings. The molecule has 1 aliphatic carbocycles. The lowest BCUT2D eigenvalue weighted by Crippen LogP contribution is -2.14. The van der Waals surface area contributed by atoms with Gasteiger partial charge in [0.25, 0.3) is 0 Å². The Morgan fingerprint density at radius 3 is 2.39 bits per heavy atom. The van der Waals surface area contributed by atoms with Crippen LogP contribution in [0, 0.1) is 6.92 Å². The number of aromatic nitrogens is 1. The van der Waals surface area contributed by atoms with Crippen molar-refractivity contribution in [1.29, 1.82) is 0 Å². The maximum atomic E-state index is 12.4. The topological polar surface area (TPSA) is 64.4 Å². The summed E-state index contributed by atoms with van der Waals surface area (Å²) in [5.41, 5.74) is 8.21. The van der Waals surface area contributed by atoms with E-state index < -0.39 is 6.09 Å². The summed E-state index contributed by atoms with van der Waals surface area (Å²) >= 11 is 0. The zero-order valence-electron chi connectivity index (χ0n) is 18.6. The number of hydrogen-bond acceptors (Lipinski definition) is 4. The summed E-state index contributed by atoms with van der Waals surface area (Å²) in [5, 5.41) is 6.84. The van der Waals surface area contributed by atoms with Gasteiger partial charge in [-0.1, -0.05) is 78.0 Å². The Hall–Kier alpha value is -3.86. The highest BCUT2D eigenvalue weighted by molar-refractivity contribution is 5.90. The Morgan fingerprint density at radius 2 is 1.61 bits per heavy atom. The van der Waals surface area contributed by atoms with Gasteiger partial charge in [0.15, 0.2) is 5.76 Å². The molecular formula is C28H26N2O3. The minimum Gasteiger partial charge on any atom is -0.444 e. The van der Waals surface area contributed by atoms with E-state index in [1.54, 1.807) is 6.92 Å². The fraction of sp³-hybridized carbons (Fsp3) is 0.214. The highest BCUT2D eigenvalue weighted by Gasteiger charge is 2.18. The number of nitrogens with zero attached hydrogens (tertiary/aromatic N) is 1. The van der Waals surface area contributed by atoms with Gasteiger partial charge in [-0.25, -0.2) is 4.79 Å². The molecule has 4 aromatic rings. The molecule has 0 radical (unpaired) electrons. The van der Waals surface area contributed by atoms with Crippen molar-refractivity contribution in [3.05, 3.63) is 95.2 Å². The monoisotopic (exact) mass is 438 g/mol. The summed E-state index contributed by atoms with van der Waals surface area (Å²) in [7, 11) is 0. The molecule has 5 nitrogen and oxygen atoms in total. The van der Waals surface area contributed by atoms with Crippen LogP contribution in [-0.2, 0) is 24.2 Å². The van der Waals surface area contributed by atoms with Gasteiger partial charge in [-0.05, 0) is 60.4 Å². The van der Waals surface area contributed by atoms with E-state index in [0.29, 0.717) is 17.1 Å². The normalized spacial score (nSPS) is 12.8. The number of nitrogens with one attached hydrogen (secondary N) is 1. The van der Waals surface area contributed by atoms with Crippen LogP contribution in [0.3, 0.4) is 0 Å². The average molecular weight is 439 g/mol. The van der Waals surface area contributed by atoms with Crippen LogP contribution < -0.4 is 5.32 Å². The van der Waals surface area contributed by atoms with E-state index >= 15 is 0 Å². The van der Waals surface area contributed by atoms with Crippen LogP contribution >= 0.6 is 0 Å². The van der Waals surface area contributed by atoms with Crippen molar-refractivity contribution in [2.75, 3.05) is 5.32 Å². The summed E-state index contributed by atoms with van der Waals surface area (Å²) < 4.78 is 10.9. The number of carbonyl (C=O) groups is 1. The van der Waals surface area contributed by atoms with Gasteiger partial charge in [0, 0.05) is 5.56 Å². The van der Waals surface area contributed by atoms with Gasteiger partial charge < -0.3 is 9.26 Å². The van der Waals surface area contributed by atoms with Crippen molar-refractivity contribution in [2.24, 2.45) is 0 Å².